The largest absolute Gasteiger partial charge is 0.497 e. The minimum atomic E-state index is -1.53. The van der Waals surface area contributed by atoms with Gasteiger partial charge in [-0.15, -0.1) is 0 Å². The van der Waals surface area contributed by atoms with Gasteiger partial charge in [0.2, 0.25) is 0 Å². The lowest BCUT2D eigenvalue weighted by Gasteiger charge is -2.10. The summed E-state index contributed by atoms with van der Waals surface area (Å²) in [5, 5.41) is 0.395. The van der Waals surface area contributed by atoms with Crippen molar-refractivity contribution in [3.63, 3.8) is 0 Å². The first kappa shape index (κ1) is 14.2. The van der Waals surface area contributed by atoms with Crippen molar-refractivity contribution in [2.45, 2.75) is 16.8 Å². The van der Waals surface area contributed by atoms with E-state index < -0.39 is 16.8 Å². The molecule has 0 N–H and O–H groups in total. The molecule has 0 aliphatic heterocycles. The number of aromatic nitrogens is 1. The lowest BCUT2D eigenvalue weighted by Crippen LogP contribution is -2.06. The number of carbonyl (C=O) groups is 1. The van der Waals surface area contributed by atoms with Gasteiger partial charge in [-0.05, 0) is 24.3 Å². The van der Waals surface area contributed by atoms with Gasteiger partial charge in [0.25, 0.3) is 0 Å². The van der Waals surface area contributed by atoms with Crippen LogP contribution in [0.25, 0.3) is 0 Å². The van der Waals surface area contributed by atoms with Crippen LogP contribution in [0.3, 0.4) is 0 Å². The van der Waals surface area contributed by atoms with E-state index in [0.717, 1.165) is 0 Å². The molecule has 0 saturated carbocycles. The van der Waals surface area contributed by atoms with Gasteiger partial charge in [0, 0.05) is 19.2 Å². The summed E-state index contributed by atoms with van der Waals surface area (Å²) in [6.07, 6.45) is 1.56. The molecule has 0 aliphatic rings. The minimum absolute atomic E-state index is 0.209. The Labute approximate surface area is 119 Å². The zero-order valence-corrected chi connectivity index (χ0v) is 11.8. The predicted octanol–water partition coefficient (Wildman–Crippen LogP) is 2.18. The van der Waals surface area contributed by atoms with Crippen LogP contribution < -0.4 is 9.47 Å². The van der Waals surface area contributed by atoms with Crippen LogP contribution >= 0.6 is 0 Å². The number of nitrogens with zero attached hydrogens (tertiary/aromatic N) is 1. The maximum Gasteiger partial charge on any atom is 0.308 e. The molecule has 6 heteroatoms. The van der Waals surface area contributed by atoms with E-state index in [1.807, 2.05) is 0 Å². The molecule has 0 aliphatic carbocycles. The van der Waals surface area contributed by atoms with Gasteiger partial charge >= 0.3 is 5.97 Å². The monoisotopic (exact) mass is 291 g/mol. The first-order valence-electron chi connectivity index (χ1n) is 5.81. The van der Waals surface area contributed by atoms with E-state index >= 15 is 0 Å². The number of methoxy groups -OCH3 is 1. The van der Waals surface area contributed by atoms with Crippen LogP contribution in [0.15, 0.2) is 52.5 Å². The van der Waals surface area contributed by atoms with Gasteiger partial charge < -0.3 is 9.47 Å². The highest BCUT2D eigenvalue weighted by Gasteiger charge is 2.16. The van der Waals surface area contributed by atoms with Gasteiger partial charge in [-0.3, -0.25) is 4.79 Å². The number of ether oxygens (including phenoxy) is 2. The number of carbonyl (C=O) groups excluding carboxylic acids is 1. The Kier molecular flexibility index (Phi) is 4.47. The number of pyridine rings is 1. The Morgan fingerprint density at radius 1 is 1.25 bits per heavy atom. The Hall–Kier alpha value is -2.21. The third-order valence-corrected chi connectivity index (χ3v) is 3.79. The average molecular weight is 291 g/mol. The van der Waals surface area contributed by atoms with Crippen LogP contribution in [0.2, 0.25) is 0 Å². The molecule has 2 rings (SSSR count). The third kappa shape index (κ3) is 3.21. The van der Waals surface area contributed by atoms with Gasteiger partial charge in [0.1, 0.15) is 21.6 Å². The molecule has 2 aromatic rings. The van der Waals surface area contributed by atoms with Crippen LogP contribution in [0.4, 0.5) is 0 Å². The third-order valence-electron chi connectivity index (χ3n) is 2.43. The number of esters is 1. The fraction of sp³-hybridized carbons (Fsp3) is 0.143. The van der Waals surface area contributed by atoms with E-state index in [0.29, 0.717) is 15.7 Å². The summed E-state index contributed by atoms with van der Waals surface area (Å²) in [6.45, 7) is 1.28. The fourth-order valence-corrected chi connectivity index (χ4v) is 2.63. The lowest BCUT2D eigenvalue weighted by atomic mass is 10.3. The Bertz CT molecular complexity index is 643. The summed E-state index contributed by atoms with van der Waals surface area (Å²) >= 11 is 0. The maximum atomic E-state index is 12.5. The molecule has 1 unspecified atom stereocenters. The highest BCUT2D eigenvalue weighted by molar-refractivity contribution is 7.85. The molecule has 1 aromatic carbocycles. The first-order valence-corrected chi connectivity index (χ1v) is 6.96. The standard InChI is InChI=1S/C14H13NO4S/c1-10(16)19-12-9-11(18-2)6-7-13(12)20(17)14-5-3-4-8-15-14/h3-9H,1-2H3. The minimum Gasteiger partial charge on any atom is -0.497 e. The highest BCUT2D eigenvalue weighted by atomic mass is 32.2. The molecule has 0 radical (unpaired) electrons. The summed E-state index contributed by atoms with van der Waals surface area (Å²) in [7, 11) is -0.0267. The first-order chi connectivity index (χ1) is 9.61. The molecule has 0 fully saturated rings. The van der Waals surface area contributed by atoms with Gasteiger partial charge in [0.15, 0.2) is 5.75 Å². The van der Waals surface area contributed by atoms with Gasteiger partial charge in [0.05, 0.1) is 12.0 Å². The van der Waals surface area contributed by atoms with Crippen LogP contribution in [0.5, 0.6) is 11.5 Å². The summed E-state index contributed by atoms with van der Waals surface area (Å²) in [5.74, 6) is 0.237. The normalized spacial score (nSPS) is 11.7. The smallest absolute Gasteiger partial charge is 0.308 e. The summed E-state index contributed by atoms with van der Waals surface area (Å²) in [5.41, 5.74) is 0. The summed E-state index contributed by atoms with van der Waals surface area (Å²) in [6, 6.07) is 9.91. The van der Waals surface area contributed by atoms with Crippen molar-refractivity contribution in [1.29, 1.82) is 0 Å². The molecule has 0 saturated heterocycles. The van der Waals surface area contributed by atoms with Crippen molar-refractivity contribution in [1.82, 2.24) is 4.98 Å². The van der Waals surface area contributed by atoms with Crippen LogP contribution in [-0.2, 0) is 15.6 Å². The molecule has 0 amide bonds. The highest BCUT2D eigenvalue weighted by Crippen LogP contribution is 2.29. The number of benzene rings is 1. The van der Waals surface area contributed by atoms with E-state index in [2.05, 4.69) is 4.98 Å². The van der Waals surface area contributed by atoms with Crippen molar-refractivity contribution in [2.24, 2.45) is 0 Å². The summed E-state index contributed by atoms with van der Waals surface area (Å²) < 4.78 is 22.6. The molecule has 0 bridgehead atoms. The van der Waals surface area contributed by atoms with E-state index in [1.165, 1.54) is 20.1 Å². The van der Waals surface area contributed by atoms with Crippen molar-refractivity contribution in [3.05, 3.63) is 42.6 Å². The van der Waals surface area contributed by atoms with Crippen molar-refractivity contribution in [3.8, 4) is 11.5 Å². The number of rotatable bonds is 4. The zero-order chi connectivity index (χ0) is 14.5. The molecular weight excluding hydrogens is 278 g/mol. The Morgan fingerprint density at radius 3 is 2.65 bits per heavy atom. The van der Waals surface area contributed by atoms with Gasteiger partial charge in [-0.1, -0.05) is 6.07 Å². The lowest BCUT2D eigenvalue weighted by molar-refractivity contribution is -0.132. The quantitative estimate of drug-likeness (QED) is 0.638. The average Bonchev–Trinajstić information content (AvgIpc) is 2.46. The van der Waals surface area contributed by atoms with Crippen LogP contribution in [-0.4, -0.2) is 22.3 Å². The van der Waals surface area contributed by atoms with E-state index in [4.69, 9.17) is 9.47 Å². The number of hydrogen-bond acceptors (Lipinski definition) is 5. The zero-order valence-electron chi connectivity index (χ0n) is 11.0. The topological polar surface area (TPSA) is 65.5 Å². The van der Waals surface area contributed by atoms with Gasteiger partial charge in [-0.2, -0.15) is 0 Å². The Balaban J connectivity index is 2.44. The molecule has 0 spiro atoms. The van der Waals surface area contributed by atoms with Crippen molar-refractivity contribution in [2.75, 3.05) is 7.11 Å². The Morgan fingerprint density at radius 2 is 2.05 bits per heavy atom. The van der Waals surface area contributed by atoms with Crippen molar-refractivity contribution >= 4 is 16.8 Å². The van der Waals surface area contributed by atoms with Crippen molar-refractivity contribution < 1.29 is 18.5 Å². The predicted molar refractivity (Wildman–Crippen MR) is 73.2 cm³/mol. The fourth-order valence-electron chi connectivity index (χ4n) is 1.57. The molecule has 20 heavy (non-hydrogen) atoms. The molecule has 5 nitrogen and oxygen atoms in total. The second kappa shape index (κ2) is 6.29. The molecular formula is C14H13NO4S. The molecule has 104 valence electrons. The van der Waals surface area contributed by atoms with E-state index in [1.54, 1.807) is 36.5 Å². The van der Waals surface area contributed by atoms with E-state index in [9.17, 15) is 9.00 Å². The maximum absolute atomic E-state index is 12.5. The molecule has 1 atom stereocenters. The summed E-state index contributed by atoms with van der Waals surface area (Å²) in [4.78, 5) is 15.6. The number of hydrogen-bond donors (Lipinski definition) is 0. The molecule has 1 aromatic heterocycles. The molecule has 1 heterocycles. The second-order valence-electron chi connectivity index (χ2n) is 3.84. The second-order valence-corrected chi connectivity index (χ2v) is 5.24. The van der Waals surface area contributed by atoms with Crippen LogP contribution in [0, 0.1) is 0 Å². The van der Waals surface area contributed by atoms with E-state index in [-0.39, 0.29) is 5.75 Å². The van der Waals surface area contributed by atoms with Gasteiger partial charge in [-0.25, -0.2) is 9.19 Å². The van der Waals surface area contributed by atoms with Crippen LogP contribution in [0.1, 0.15) is 6.92 Å². The SMILES string of the molecule is COc1ccc(S(=O)c2ccccn2)c(OC(C)=O)c1.